The molecule has 2 nitrogen and oxygen atoms in total. The van der Waals surface area contributed by atoms with E-state index in [1.54, 1.807) is 10.7 Å². The van der Waals surface area contributed by atoms with Gasteiger partial charge in [-0.05, 0) is 88.5 Å². The van der Waals surface area contributed by atoms with Gasteiger partial charge in [0.15, 0.2) is 5.78 Å². The van der Waals surface area contributed by atoms with Crippen LogP contribution in [0.1, 0.15) is 56.5 Å². The molecule has 0 spiro atoms. The minimum atomic E-state index is -1.65. The second kappa shape index (κ2) is 13.8. The average molecular weight is 591 g/mol. The fraction of sp³-hybridized carbons (Fsp3) is 0.303. The number of aliphatic hydroxyl groups is 1. The van der Waals surface area contributed by atoms with Crippen LogP contribution in [0.3, 0.4) is 0 Å². The second-order valence-corrected chi connectivity index (χ2v) is 11.7. The predicted molar refractivity (Wildman–Crippen MR) is 179 cm³/mol. The number of hydrogen-bond donors (Lipinski definition) is 1. The Morgan fingerprint density at radius 3 is 1.62 bits per heavy atom. The molecule has 3 rings (SSSR count). The Morgan fingerprint density at radius 1 is 0.718 bits per heavy atom. The van der Waals surface area contributed by atoms with Crippen molar-refractivity contribution in [1.82, 2.24) is 0 Å². The van der Waals surface area contributed by atoms with Crippen LogP contribution in [0.25, 0.3) is 0 Å². The normalized spacial score (nSPS) is 12.4. The van der Waals surface area contributed by atoms with E-state index >= 15 is 0 Å². The number of benzene rings is 3. The van der Waals surface area contributed by atoms with Crippen LogP contribution >= 0.6 is 48.9 Å². The van der Waals surface area contributed by atoms with Gasteiger partial charge in [0.05, 0.1) is 4.86 Å². The largest absolute Gasteiger partial charge is 0.379 e. The smallest absolute Gasteiger partial charge is 0.173 e. The van der Waals surface area contributed by atoms with Crippen molar-refractivity contribution >= 4 is 75.1 Å². The van der Waals surface area contributed by atoms with Crippen molar-refractivity contribution in [2.45, 2.75) is 65.4 Å². The minimum Gasteiger partial charge on any atom is -0.379 e. The van der Waals surface area contributed by atoms with Crippen LogP contribution in [0, 0.1) is 27.7 Å². The van der Waals surface area contributed by atoms with Gasteiger partial charge in [0.1, 0.15) is 5.60 Å². The predicted octanol–water partition coefficient (Wildman–Crippen LogP) is 7.38. The number of Topliss-reactive ketones (excluding diaryl/α,β-unsaturated/α-hetero) is 1. The van der Waals surface area contributed by atoms with Crippen LogP contribution in [-0.4, -0.2) is 31.4 Å². The summed E-state index contributed by atoms with van der Waals surface area (Å²) in [6.07, 6.45) is 1.73. The highest BCUT2D eigenvalue weighted by atomic mass is 32.1. The molecule has 1 unspecified atom stereocenters. The molecule has 3 aromatic carbocycles. The van der Waals surface area contributed by atoms with Gasteiger partial charge in [-0.25, -0.2) is 0 Å². The lowest BCUT2D eigenvalue weighted by Gasteiger charge is -2.30. The molecule has 0 bridgehead atoms. The highest BCUT2D eigenvalue weighted by Gasteiger charge is 2.38. The van der Waals surface area contributed by atoms with Crippen LogP contribution < -0.4 is 0 Å². The molecular weight excluding hydrogens is 557 g/mol. The minimum absolute atomic E-state index is 0.213. The summed E-state index contributed by atoms with van der Waals surface area (Å²) in [6, 6.07) is 17.4. The Labute approximate surface area is 253 Å². The van der Waals surface area contributed by atoms with E-state index in [1.165, 1.54) is 0 Å². The third kappa shape index (κ3) is 7.24. The molecule has 202 valence electrons. The van der Waals surface area contributed by atoms with Crippen LogP contribution in [0.4, 0.5) is 0 Å². The summed E-state index contributed by atoms with van der Waals surface area (Å²) in [5.74, 6) is -0.284. The van der Waals surface area contributed by atoms with Crippen LogP contribution in [0.5, 0.6) is 0 Å². The summed E-state index contributed by atoms with van der Waals surface area (Å²) in [5, 5.41) is 15.6. The van der Waals surface area contributed by atoms with Crippen molar-refractivity contribution in [3.8, 4) is 0 Å². The molecule has 0 aliphatic heterocycles. The molecule has 0 aromatic heterocycles. The highest BCUT2D eigenvalue weighted by Crippen LogP contribution is 2.32. The summed E-state index contributed by atoms with van der Waals surface area (Å²) < 4.78 is 0. The molecule has 0 saturated carbocycles. The number of carbonyl (C=O) groups is 1. The van der Waals surface area contributed by atoms with Crippen molar-refractivity contribution in [1.29, 1.82) is 0 Å². The van der Waals surface area contributed by atoms with Gasteiger partial charge in [-0.1, -0.05) is 103 Å². The van der Waals surface area contributed by atoms with Gasteiger partial charge in [-0.15, -0.1) is 0 Å². The van der Waals surface area contributed by atoms with Crippen LogP contribution in [0.2, 0.25) is 0 Å². The first-order chi connectivity index (χ1) is 18.5. The SMILES string of the molecule is Cc1ccc(C)c(CC(=S)C(=O)CC(O)(C(=S)Cc2c(C)ccc(C)c2CC=S)c2ccccc2)c1CC=S. The number of rotatable bonds is 13. The molecule has 3 aromatic rings. The Hall–Kier alpha value is -2.35. The maximum Gasteiger partial charge on any atom is 0.173 e. The molecule has 0 heterocycles. The molecule has 6 heteroatoms. The molecule has 0 aliphatic rings. The lowest BCUT2D eigenvalue weighted by Crippen LogP contribution is -2.40. The van der Waals surface area contributed by atoms with E-state index in [9.17, 15) is 9.90 Å². The van der Waals surface area contributed by atoms with Crippen LogP contribution in [-0.2, 0) is 36.1 Å². The summed E-state index contributed by atoms with van der Waals surface area (Å²) >= 11 is 21.9. The van der Waals surface area contributed by atoms with Gasteiger partial charge >= 0.3 is 0 Å². The van der Waals surface area contributed by atoms with E-state index in [2.05, 4.69) is 25.1 Å². The van der Waals surface area contributed by atoms with Crippen molar-refractivity contribution in [3.05, 3.63) is 105 Å². The Balaban J connectivity index is 1.96. The van der Waals surface area contributed by atoms with E-state index in [4.69, 9.17) is 48.9 Å². The molecule has 1 atom stereocenters. The number of ketones is 1. The summed E-state index contributed by atoms with van der Waals surface area (Å²) in [4.78, 5) is 14.3. The first-order valence-corrected chi connectivity index (χ1v) is 14.7. The topological polar surface area (TPSA) is 37.3 Å². The Kier molecular flexibility index (Phi) is 11.1. The molecule has 0 aliphatic carbocycles. The number of hydrogen-bond acceptors (Lipinski definition) is 6. The van der Waals surface area contributed by atoms with Gasteiger partial charge in [0, 0.05) is 37.0 Å². The maximum absolute atomic E-state index is 13.6. The number of thiocarbonyl (C=S) groups is 4. The lowest BCUT2D eigenvalue weighted by molar-refractivity contribution is -0.115. The van der Waals surface area contributed by atoms with Crippen molar-refractivity contribution in [2.24, 2.45) is 0 Å². The fourth-order valence-corrected chi connectivity index (χ4v) is 5.94. The number of aryl methyl sites for hydroxylation is 4. The van der Waals surface area contributed by atoms with Gasteiger partial charge in [-0.2, -0.15) is 0 Å². The Morgan fingerprint density at radius 2 is 1.15 bits per heavy atom. The molecule has 0 saturated heterocycles. The fourth-order valence-electron chi connectivity index (χ4n) is 5.05. The summed E-state index contributed by atoms with van der Waals surface area (Å²) in [7, 11) is 0. The van der Waals surface area contributed by atoms with Crippen LogP contribution in [0.15, 0.2) is 54.6 Å². The maximum atomic E-state index is 13.6. The zero-order valence-corrected chi connectivity index (χ0v) is 26.1. The molecule has 0 radical (unpaired) electrons. The van der Waals surface area contributed by atoms with E-state index < -0.39 is 5.60 Å². The standard InChI is InChI=1S/C33H34O2S4/c1-21-10-12-23(3)28(26(21)14-16-36)18-31(38)30(34)20-33(35,25-8-6-5-7-9-25)32(39)19-29-24(4)13-11-22(2)27(29)15-17-37/h5-13,16-17,35H,14-15,18-20H2,1-4H3. The van der Waals surface area contributed by atoms with Crippen molar-refractivity contribution < 1.29 is 9.90 Å². The number of carbonyl (C=O) groups excluding carboxylic acids is 1. The molecule has 0 fully saturated rings. The average Bonchev–Trinajstić information content (AvgIpc) is 2.92. The first kappa shape index (κ1) is 31.2. The third-order valence-corrected chi connectivity index (χ3v) is 8.68. The van der Waals surface area contributed by atoms with Gasteiger partial charge in [0.2, 0.25) is 0 Å². The summed E-state index contributed by atoms with van der Waals surface area (Å²) in [5.41, 5.74) is 7.62. The first-order valence-electron chi connectivity index (χ1n) is 12.9. The Bertz CT molecular complexity index is 1430. The summed E-state index contributed by atoms with van der Waals surface area (Å²) in [6.45, 7) is 8.15. The van der Waals surface area contributed by atoms with Gasteiger partial charge in [0.25, 0.3) is 0 Å². The van der Waals surface area contributed by atoms with Gasteiger partial charge in [-0.3, -0.25) is 4.79 Å². The second-order valence-electron chi connectivity index (χ2n) is 10.1. The van der Waals surface area contributed by atoms with Crippen molar-refractivity contribution in [2.75, 3.05) is 0 Å². The third-order valence-electron chi connectivity index (χ3n) is 7.49. The molecule has 0 amide bonds. The van der Waals surface area contributed by atoms with E-state index in [1.807, 2.05) is 57.2 Å². The quantitative estimate of drug-likeness (QED) is 0.210. The molecule has 1 N–H and O–H groups in total. The monoisotopic (exact) mass is 590 g/mol. The highest BCUT2D eigenvalue weighted by molar-refractivity contribution is 7.82. The zero-order valence-electron chi connectivity index (χ0n) is 22.9. The zero-order chi connectivity index (χ0) is 28.7. The van der Waals surface area contributed by atoms with E-state index in [0.29, 0.717) is 36.1 Å². The van der Waals surface area contributed by atoms with E-state index in [-0.39, 0.29) is 17.1 Å². The van der Waals surface area contributed by atoms with Crippen molar-refractivity contribution in [3.63, 3.8) is 0 Å². The molecule has 39 heavy (non-hydrogen) atoms. The van der Waals surface area contributed by atoms with Gasteiger partial charge < -0.3 is 5.11 Å². The van der Waals surface area contributed by atoms with E-state index in [0.717, 1.165) is 44.5 Å². The lowest BCUT2D eigenvalue weighted by atomic mass is 9.80. The molecular formula is C33H34O2S4.